The zero-order valence-electron chi connectivity index (χ0n) is 16.2. The van der Waals surface area contributed by atoms with Crippen LogP contribution in [0.4, 0.5) is 0 Å². The Morgan fingerprint density at radius 1 is 0.733 bits per heavy atom. The lowest BCUT2D eigenvalue weighted by molar-refractivity contribution is 0.0319. The number of ketones is 1. The van der Waals surface area contributed by atoms with E-state index in [-0.39, 0.29) is 5.78 Å². The molecule has 6 heteroatoms. The van der Waals surface area contributed by atoms with E-state index in [2.05, 4.69) is 10.2 Å². The van der Waals surface area contributed by atoms with E-state index in [9.17, 15) is 9.59 Å². The van der Waals surface area contributed by atoms with E-state index in [0.29, 0.717) is 28.5 Å². The van der Waals surface area contributed by atoms with Crippen LogP contribution in [0.5, 0.6) is 0 Å². The molecule has 3 aromatic carbocycles. The first-order valence-electron chi connectivity index (χ1n) is 9.41. The maximum absolute atomic E-state index is 12.4. The van der Waals surface area contributed by atoms with Crippen LogP contribution < -0.4 is 0 Å². The molecular formula is C24H18N2O4. The van der Waals surface area contributed by atoms with Gasteiger partial charge in [-0.25, -0.2) is 4.79 Å². The van der Waals surface area contributed by atoms with Gasteiger partial charge < -0.3 is 9.15 Å². The average Bonchev–Trinajstić information content (AvgIpc) is 3.30. The molecule has 1 unspecified atom stereocenters. The van der Waals surface area contributed by atoms with Crippen molar-refractivity contribution in [1.29, 1.82) is 0 Å². The van der Waals surface area contributed by atoms with Gasteiger partial charge in [-0.1, -0.05) is 48.5 Å². The molecule has 30 heavy (non-hydrogen) atoms. The molecule has 4 aromatic rings. The SMILES string of the molecule is CC(OC(=O)c1ccc(-c2nnc(-c3ccccc3)o2)cc1)C(=O)c1ccccc1. The number of rotatable bonds is 6. The topological polar surface area (TPSA) is 82.3 Å². The van der Waals surface area contributed by atoms with E-state index in [0.717, 1.165) is 5.56 Å². The number of esters is 1. The van der Waals surface area contributed by atoms with Crippen LogP contribution in [0.1, 0.15) is 27.6 Å². The van der Waals surface area contributed by atoms with Crippen LogP contribution in [0.15, 0.2) is 89.3 Å². The summed E-state index contributed by atoms with van der Waals surface area (Å²) in [5.41, 5.74) is 2.33. The first-order chi connectivity index (χ1) is 14.6. The zero-order chi connectivity index (χ0) is 20.9. The van der Waals surface area contributed by atoms with Crippen molar-refractivity contribution in [1.82, 2.24) is 10.2 Å². The molecule has 0 aliphatic heterocycles. The highest BCUT2D eigenvalue weighted by molar-refractivity contribution is 6.01. The van der Waals surface area contributed by atoms with Gasteiger partial charge in [0.05, 0.1) is 5.56 Å². The Kier molecular flexibility index (Phi) is 5.48. The predicted octanol–water partition coefficient (Wildman–Crippen LogP) is 4.83. The Labute approximate surface area is 173 Å². The van der Waals surface area contributed by atoms with E-state index >= 15 is 0 Å². The molecule has 0 N–H and O–H groups in total. The number of hydrogen-bond acceptors (Lipinski definition) is 6. The summed E-state index contributed by atoms with van der Waals surface area (Å²) < 4.78 is 11.0. The highest BCUT2D eigenvalue weighted by Gasteiger charge is 2.20. The number of hydrogen-bond donors (Lipinski definition) is 0. The molecule has 0 bridgehead atoms. The number of benzene rings is 3. The van der Waals surface area contributed by atoms with E-state index in [1.54, 1.807) is 55.5 Å². The van der Waals surface area contributed by atoms with Crippen LogP contribution in [0.2, 0.25) is 0 Å². The lowest BCUT2D eigenvalue weighted by atomic mass is 10.1. The molecule has 0 saturated heterocycles. The number of carbonyl (C=O) groups excluding carboxylic acids is 2. The molecule has 1 atom stereocenters. The molecular weight excluding hydrogens is 380 g/mol. The summed E-state index contributed by atoms with van der Waals surface area (Å²) in [4.78, 5) is 24.8. The van der Waals surface area contributed by atoms with Crippen LogP contribution in [-0.2, 0) is 4.74 Å². The molecule has 0 saturated carbocycles. The molecule has 0 radical (unpaired) electrons. The van der Waals surface area contributed by atoms with Gasteiger partial charge in [0.2, 0.25) is 17.6 Å². The Bertz CT molecular complexity index is 1150. The molecule has 0 spiro atoms. The summed E-state index contributed by atoms with van der Waals surface area (Å²) in [5, 5.41) is 8.13. The van der Waals surface area contributed by atoms with E-state index in [1.165, 1.54) is 0 Å². The quantitative estimate of drug-likeness (QED) is 0.342. The monoisotopic (exact) mass is 398 g/mol. The molecule has 6 nitrogen and oxygen atoms in total. The summed E-state index contributed by atoms with van der Waals surface area (Å²) in [7, 11) is 0. The zero-order valence-corrected chi connectivity index (χ0v) is 16.2. The normalized spacial score (nSPS) is 11.6. The fourth-order valence-corrected chi connectivity index (χ4v) is 2.91. The lowest BCUT2D eigenvalue weighted by Crippen LogP contribution is -2.24. The van der Waals surface area contributed by atoms with Crippen molar-refractivity contribution < 1.29 is 18.7 Å². The molecule has 0 fully saturated rings. The maximum Gasteiger partial charge on any atom is 0.338 e. The first kappa shape index (κ1) is 19.3. The number of Topliss-reactive ketones (excluding diaryl/α,β-unsaturated/α-hetero) is 1. The Hall–Kier alpha value is -4.06. The third-order valence-corrected chi connectivity index (χ3v) is 4.52. The summed E-state index contributed by atoms with van der Waals surface area (Å²) in [6, 6.07) is 24.8. The van der Waals surface area contributed by atoms with Crippen molar-refractivity contribution in [2.45, 2.75) is 13.0 Å². The highest BCUT2D eigenvalue weighted by atomic mass is 16.5. The fraction of sp³-hybridized carbons (Fsp3) is 0.0833. The summed E-state index contributed by atoms with van der Waals surface area (Å²) in [6.07, 6.45) is -0.885. The van der Waals surface area contributed by atoms with Crippen molar-refractivity contribution in [2.24, 2.45) is 0 Å². The summed E-state index contributed by atoms with van der Waals surface area (Å²) in [6.45, 7) is 1.56. The van der Waals surface area contributed by atoms with E-state index < -0.39 is 12.1 Å². The van der Waals surface area contributed by atoms with Gasteiger partial charge in [0.1, 0.15) is 0 Å². The Morgan fingerprint density at radius 3 is 1.87 bits per heavy atom. The second-order valence-corrected chi connectivity index (χ2v) is 6.63. The van der Waals surface area contributed by atoms with Crippen molar-refractivity contribution >= 4 is 11.8 Å². The van der Waals surface area contributed by atoms with Gasteiger partial charge in [-0.3, -0.25) is 4.79 Å². The molecule has 148 valence electrons. The van der Waals surface area contributed by atoms with Crippen molar-refractivity contribution in [3.8, 4) is 22.9 Å². The van der Waals surface area contributed by atoms with Gasteiger partial charge in [0, 0.05) is 16.7 Å². The number of carbonyl (C=O) groups is 2. The standard InChI is InChI=1S/C24H18N2O4/c1-16(21(27)17-8-4-2-5-9-17)29-24(28)20-14-12-19(13-15-20)23-26-25-22(30-23)18-10-6-3-7-11-18/h2-16H,1H3. The van der Waals surface area contributed by atoms with Crippen LogP contribution in [0.25, 0.3) is 22.9 Å². The van der Waals surface area contributed by atoms with Crippen LogP contribution in [0.3, 0.4) is 0 Å². The minimum atomic E-state index is -0.885. The smallest absolute Gasteiger partial charge is 0.338 e. The van der Waals surface area contributed by atoms with Crippen molar-refractivity contribution in [3.05, 3.63) is 96.1 Å². The number of aromatic nitrogens is 2. The molecule has 4 rings (SSSR count). The third-order valence-electron chi connectivity index (χ3n) is 4.52. The largest absolute Gasteiger partial charge is 0.451 e. The number of nitrogens with zero attached hydrogens (tertiary/aromatic N) is 2. The van der Waals surface area contributed by atoms with Crippen molar-refractivity contribution in [3.63, 3.8) is 0 Å². The first-order valence-corrected chi connectivity index (χ1v) is 9.41. The Balaban J connectivity index is 1.44. The maximum atomic E-state index is 12.4. The molecule has 1 aromatic heterocycles. The summed E-state index contributed by atoms with van der Waals surface area (Å²) in [5.74, 6) is -0.0579. The van der Waals surface area contributed by atoms with Crippen LogP contribution in [0, 0.1) is 0 Å². The lowest BCUT2D eigenvalue weighted by Gasteiger charge is -2.12. The minimum absolute atomic E-state index is 0.250. The van der Waals surface area contributed by atoms with Gasteiger partial charge in [-0.05, 0) is 43.3 Å². The third kappa shape index (κ3) is 4.17. The van der Waals surface area contributed by atoms with E-state index in [1.807, 2.05) is 36.4 Å². The second-order valence-electron chi connectivity index (χ2n) is 6.63. The summed E-state index contributed by atoms with van der Waals surface area (Å²) >= 11 is 0. The minimum Gasteiger partial charge on any atom is -0.451 e. The van der Waals surface area contributed by atoms with Gasteiger partial charge in [-0.2, -0.15) is 0 Å². The van der Waals surface area contributed by atoms with E-state index in [4.69, 9.17) is 9.15 Å². The average molecular weight is 398 g/mol. The fourth-order valence-electron chi connectivity index (χ4n) is 2.91. The molecule has 1 heterocycles. The van der Waals surface area contributed by atoms with Gasteiger partial charge in [-0.15, -0.1) is 10.2 Å². The van der Waals surface area contributed by atoms with Crippen LogP contribution >= 0.6 is 0 Å². The molecule has 0 aliphatic rings. The van der Waals surface area contributed by atoms with Gasteiger partial charge >= 0.3 is 5.97 Å². The van der Waals surface area contributed by atoms with Crippen molar-refractivity contribution in [2.75, 3.05) is 0 Å². The highest BCUT2D eigenvalue weighted by Crippen LogP contribution is 2.24. The molecule has 0 amide bonds. The number of ether oxygens (including phenoxy) is 1. The van der Waals surface area contributed by atoms with Crippen LogP contribution in [-0.4, -0.2) is 28.1 Å². The predicted molar refractivity (Wildman–Crippen MR) is 111 cm³/mol. The van der Waals surface area contributed by atoms with Gasteiger partial charge in [0.25, 0.3) is 0 Å². The molecule has 0 aliphatic carbocycles. The second kappa shape index (κ2) is 8.53. The Morgan fingerprint density at radius 2 is 1.27 bits per heavy atom. The van der Waals surface area contributed by atoms with Gasteiger partial charge in [0.15, 0.2) is 6.10 Å².